The number of hydrogen-bond acceptors (Lipinski definition) is 1. The van der Waals surface area contributed by atoms with Crippen molar-refractivity contribution >= 4 is 5.69 Å². The molecule has 2 aromatic carbocycles. The summed E-state index contributed by atoms with van der Waals surface area (Å²) in [6.45, 7) is 0. The molecule has 2 aromatic rings. The van der Waals surface area contributed by atoms with Crippen LogP contribution in [0.1, 0.15) is 11.1 Å². The van der Waals surface area contributed by atoms with Crippen LogP contribution in [0.25, 0.3) is 0 Å². The van der Waals surface area contributed by atoms with Crippen LogP contribution in [0.5, 0.6) is 0 Å². The summed E-state index contributed by atoms with van der Waals surface area (Å²) in [5.41, 5.74) is 8.11. The first-order valence-corrected chi connectivity index (χ1v) is 6.27. The predicted molar refractivity (Wildman–Crippen MR) is 86.6 cm³/mol. The summed E-state index contributed by atoms with van der Waals surface area (Å²) in [5, 5.41) is 0. The number of anilines is 1. The van der Waals surface area contributed by atoms with Crippen LogP contribution in [0, 0.1) is 47.4 Å². The predicted octanol–water partition coefficient (Wildman–Crippen LogP) is 2.68. The Kier molecular flexibility index (Phi) is 5.17. The minimum Gasteiger partial charge on any atom is -0.399 e. The standard InChI is InChI=1S/C20H11N/c21-20-16-14-19(15-17-20)13-7-4-2-1-3-6-10-18-11-8-5-9-12-18/h5,8-9,11-12,14-17H,21H2. The van der Waals surface area contributed by atoms with E-state index >= 15 is 0 Å². The summed E-state index contributed by atoms with van der Waals surface area (Å²) in [6, 6.07) is 17.0. The van der Waals surface area contributed by atoms with Crippen molar-refractivity contribution in [2.24, 2.45) is 0 Å². The molecule has 0 aliphatic heterocycles. The minimum absolute atomic E-state index is 0.717. The molecule has 0 heterocycles. The van der Waals surface area contributed by atoms with Gasteiger partial charge in [0, 0.05) is 16.8 Å². The van der Waals surface area contributed by atoms with Gasteiger partial charge in [-0.3, -0.25) is 0 Å². The van der Waals surface area contributed by atoms with Crippen molar-refractivity contribution < 1.29 is 0 Å². The summed E-state index contributed by atoms with van der Waals surface area (Å²) in [7, 11) is 0. The molecule has 0 radical (unpaired) electrons. The van der Waals surface area contributed by atoms with Crippen LogP contribution in [-0.4, -0.2) is 0 Å². The van der Waals surface area contributed by atoms with Crippen molar-refractivity contribution in [3.63, 3.8) is 0 Å². The van der Waals surface area contributed by atoms with Crippen molar-refractivity contribution in [3.8, 4) is 47.4 Å². The van der Waals surface area contributed by atoms with E-state index in [1.807, 2.05) is 42.5 Å². The third-order valence-corrected chi connectivity index (χ3v) is 2.41. The zero-order chi connectivity index (χ0) is 14.8. The average Bonchev–Trinajstić information content (AvgIpc) is 2.53. The number of hydrogen-bond donors (Lipinski definition) is 1. The lowest BCUT2D eigenvalue weighted by molar-refractivity contribution is 1.64. The fourth-order valence-corrected chi connectivity index (χ4v) is 1.42. The van der Waals surface area contributed by atoms with E-state index < -0.39 is 0 Å². The lowest BCUT2D eigenvalue weighted by Crippen LogP contribution is -1.82. The van der Waals surface area contributed by atoms with E-state index in [0.717, 1.165) is 16.8 Å². The van der Waals surface area contributed by atoms with E-state index in [-0.39, 0.29) is 0 Å². The van der Waals surface area contributed by atoms with Crippen molar-refractivity contribution in [2.45, 2.75) is 0 Å². The Morgan fingerprint density at radius 2 is 1.00 bits per heavy atom. The second-order valence-corrected chi connectivity index (χ2v) is 3.99. The quantitative estimate of drug-likeness (QED) is 0.575. The Hall–Kier alpha value is -3.52. The molecule has 2 N–H and O–H groups in total. The van der Waals surface area contributed by atoms with Crippen LogP contribution in [0.3, 0.4) is 0 Å². The normalized spacial score (nSPS) is 7.62. The SMILES string of the molecule is Nc1ccc(C#CC#CC#CC#Cc2ccccc2)cc1. The maximum Gasteiger partial charge on any atom is 0.0314 e. The number of nitrogens with two attached hydrogens (primary N) is 1. The van der Waals surface area contributed by atoms with Crippen LogP contribution in [-0.2, 0) is 0 Å². The smallest absolute Gasteiger partial charge is 0.0314 e. The lowest BCUT2D eigenvalue weighted by atomic mass is 10.2. The van der Waals surface area contributed by atoms with Gasteiger partial charge in [-0.25, -0.2) is 0 Å². The Morgan fingerprint density at radius 3 is 1.57 bits per heavy atom. The second kappa shape index (κ2) is 7.81. The van der Waals surface area contributed by atoms with Crippen LogP contribution in [0.2, 0.25) is 0 Å². The first-order valence-electron chi connectivity index (χ1n) is 6.27. The van der Waals surface area contributed by atoms with E-state index in [1.54, 1.807) is 12.1 Å². The first-order chi connectivity index (χ1) is 10.3. The second-order valence-electron chi connectivity index (χ2n) is 3.99. The highest BCUT2D eigenvalue weighted by Crippen LogP contribution is 2.03. The topological polar surface area (TPSA) is 26.0 Å². The third-order valence-electron chi connectivity index (χ3n) is 2.41. The molecule has 0 spiro atoms. The third kappa shape index (κ3) is 5.32. The zero-order valence-corrected chi connectivity index (χ0v) is 11.3. The Morgan fingerprint density at radius 1 is 0.524 bits per heavy atom. The van der Waals surface area contributed by atoms with Gasteiger partial charge in [0.2, 0.25) is 0 Å². The van der Waals surface area contributed by atoms with E-state index in [9.17, 15) is 0 Å². The Balaban J connectivity index is 1.93. The van der Waals surface area contributed by atoms with Gasteiger partial charge in [0.1, 0.15) is 0 Å². The van der Waals surface area contributed by atoms with Gasteiger partial charge in [-0.05, 0) is 71.9 Å². The summed E-state index contributed by atoms with van der Waals surface area (Å²) in [6.07, 6.45) is 0. The van der Waals surface area contributed by atoms with Crippen LogP contribution >= 0.6 is 0 Å². The number of benzene rings is 2. The minimum atomic E-state index is 0.717. The van der Waals surface area contributed by atoms with Crippen LogP contribution in [0.15, 0.2) is 54.6 Å². The summed E-state index contributed by atoms with van der Waals surface area (Å²) in [5.74, 6) is 21.9. The van der Waals surface area contributed by atoms with Gasteiger partial charge >= 0.3 is 0 Å². The van der Waals surface area contributed by atoms with Gasteiger partial charge in [0.15, 0.2) is 0 Å². The van der Waals surface area contributed by atoms with E-state index in [1.165, 1.54) is 0 Å². The molecule has 0 bridgehead atoms. The van der Waals surface area contributed by atoms with Gasteiger partial charge in [-0.1, -0.05) is 30.0 Å². The van der Waals surface area contributed by atoms with Crippen molar-refractivity contribution in [3.05, 3.63) is 65.7 Å². The number of nitrogen functional groups attached to an aromatic ring is 1. The zero-order valence-electron chi connectivity index (χ0n) is 11.3. The molecule has 0 atom stereocenters. The Bertz CT molecular complexity index is 844. The van der Waals surface area contributed by atoms with Crippen LogP contribution < -0.4 is 5.73 Å². The molecule has 0 unspecified atom stereocenters. The molecule has 0 aliphatic rings. The van der Waals surface area contributed by atoms with Gasteiger partial charge in [-0.2, -0.15) is 0 Å². The first kappa shape index (κ1) is 13.9. The maximum atomic E-state index is 5.58. The molecule has 0 fully saturated rings. The lowest BCUT2D eigenvalue weighted by Gasteiger charge is -1.90. The average molecular weight is 265 g/mol. The molecule has 0 saturated carbocycles. The molecule has 21 heavy (non-hydrogen) atoms. The highest BCUT2D eigenvalue weighted by atomic mass is 14.5. The Labute approximate surface area is 125 Å². The van der Waals surface area contributed by atoms with Gasteiger partial charge in [-0.15, -0.1) is 0 Å². The highest BCUT2D eigenvalue weighted by Gasteiger charge is 1.84. The largest absolute Gasteiger partial charge is 0.399 e. The molecule has 1 nitrogen and oxygen atoms in total. The van der Waals surface area contributed by atoms with Crippen molar-refractivity contribution in [1.82, 2.24) is 0 Å². The number of rotatable bonds is 0. The van der Waals surface area contributed by atoms with Gasteiger partial charge in [0.05, 0.1) is 0 Å². The van der Waals surface area contributed by atoms with E-state index in [2.05, 4.69) is 47.4 Å². The molecule has 0 saturated heterocycles. The fraction of sp³-hybridized carbons (Fsp3) is 0. The molecular weight excluding hydrogens is 254 g/mol. The molecular formula is C20H11N. The van der Waals surface area contributed by atoms with E-state index in [0.29, 0.717) is 0 Å². The summed E-state index contributed by atoms with van der Waals surface area (Å²) >= 11 is 0. The highest BCUT2D eigenvalue weighted by molar-refractivity contribution is 5.48. The van der Waals surface area contributed by atoms with Crippen LogP contribution in [0.4, 0.5) is 5.69 Å². The molecule has 0 amide bonds. The van der Waals surface area contributed by atoms with Gasteiger partial charge < -0.3 is 5.73 Å². The van der Waals surface area contributed by atoms with E-state index in [4.69, 9.17) is 5.73 Å². The monoisotopic (exact) mass is 265 g/mol. The molecule has 0 aliphatic carbocycles. The fourth-order valence-electron chi connectivity index (χ4n) is 1.42. The molecule has 1 heteroatoms. The summed E-state index contributed by atoms with van der Waals surface area (Å²) in [4.78, 5) is 0. The maximum absolute atomic E-state index is 5.58. The van der Waals surface area contributed by atoms with Gasteiger partial charge in [0.25, 0.3) is 0 Å². The van der Waals surface area contributed by atoms with Crippen molar-refractivity contribution in [2.75, 3.05) is 5.73 Å². The molecule has 2 rings (SSSR count). The molecule has 96 valence electrons. The van der Waals surface area contributed by atoms with Crippen molar-refractivity contribution in [1.29, 1.82) is 0 Å². The molecule has 0 aromatic heterocycles. The summed E-state index contributed by atoms with van der Waals surface area (Å²) < 4.78 is 0.